The van der Waals surface area contributed by atoms with E-state index < -0.39 is 12.2 Å². The van der Waals surface area contributed by atoms with Crippen LogP contribution in [-0.2, 0) is 0 Å². The van der Waals surface area contributed by atoms with Crippen molar-refractivity contribution in [3.63, 3.8) is 0 Å². The van der Waals surface area contributed by atoms with Crippen molar-refractivity contribution >= 4 is 12.2 Å². The predicted octanol–water partition coefficient (Wildman–Crippen LogP) is 1.07. The lowest BCUT2D eigenvalue weighted by Crippen LogP contribution is -2.29. The summed E-state index contributed by atoms with van der Waals surface area (Å²) in [4.78, 5) is 18.6. The van der Waals surface area contributed by atoms with E-state index in [1.807, 2.05) is 0 Å². The summed E-state index contributed by atoms with van der Waals surface area (Å²) in [5, 5.41) is 16.5. The number of rotatable bonds is 4. The third kappa shape index (κ3) is 37.3. The molecule has 0 saturated carbocycles. The maximum atomic E-state index is 10.1. The molecule has 0 aromatic carbocycles. The van der Waals surface area contributed by atoms with Crippen molar-refractivity contribution in [2.24, 2.45) is 5.73 Å². The van der Waals surface area contributed by atoms with Crippen LogP contribution in [0.4, 0.5) is 9.59 Å². The number of hydrogen-bond donors (Lipinski definition) is 4. The number of carboxylic acid groups (broad SMARTS) is 2. The van der Waals surface area contributed by atoms with Crippen LogP contribution in [0.1, 0.15) is 26.2 Å². The Morgan fingerprint density at radius 3 is 2.08 bits per heavy atom. The number of unbranched alkanes of at least 4 members (excludes halogenated alkanes) is 2. The minimum absolute atomic E-state index is 0.425. The summed E-state index contributed by atoms with van der Waals surface area (Å²) in [5.74, 6) is 0. The lowest BCUT2D eigenvalue weighted by atomic mass is 10.2. The number of carbonyl (C=O) groups is 2. The summed E-state index contributed by atoms with van der Waals surface area (Å²) in [5.41, 5.74) is 4.82. The molecule has 0 aliphatic carbocycles. The molecule has 0 aliphatic rings. The van der Waals surface area contributed by atoms with E-state index in [2.05, 4.69) is 12.2 Å². The lowest BCUT2D eigenvalue weighted by molar-refractivity contribution is 0.137. The van der Waals surface area contributed by atoms with Gasteiger partial charge in [0.25, 0.3) is 0 Å². The molecule has 0 radical (unpaired) electrons. The molecule has 0 bridgehead atoms. The van der Waals surface area contributed by atoms with Gasteiger partial charge in [0.2, 0.25) is 0 Å². The Morgan fingerprint density at radius 2 is 1.77 bits per heavy atom. The summed E-state index contributed by atoms with van der Waals surface area (Å²) >= 11 is 0. The van der Waals surface area contributed by atoms with Gasteiger partial charge in [0.15, 0.2) is 0 Å². The van der Waals surface area contributed by atoms with E-state index in [1.165, 1.54) is 6.42 Å². The second-order valence-corrected chi connectivity index (χ2v) is 2.28. The Kier molecular flexibility index (Phi) is 11.4. The first-order valence-corrected chi connectivity index (χ1v) is 3.95. The van der Waals surface area contributed by atoms with Gasteiger partial charge in [-0.1, -0.05) is 19.8 Å². The molecule has 0 aromatic heterocycles. The molecule has 0 aromatic rings. The number of nitrogens with two attached hydrogens (primary N) is 1. The zero-order chi connectivity index (χ0) is 10.7. The Labute approximate surface area is 76.7 Å². The average molecular weight is 192 g/mol. The van der Waals surface area contributed by atoms with Gasteiger partial charge in [-0.3, -0.25) is 0 Å². The van der Waals surface area contributed by atoms with E-state index >= 15 is 0 Å². The Hall–Kier alpha value is -1.46. The van der Waals surface area contributed by atoms with Gasteiger partial charge in [0, 0.05) is 6.54 Å². The lowest BCUT2D eigenvalue weighted by Gasteiger charge is -1.97. The van der Waals surface area contributed by atoms with Gasteiger partial charge in [-0.15, -0.1) is 0 Å². The number of carbonyl (C=O) groups excluding carboxylic acids is 1. The van der Waals surface area contributed by atoms with Crippen molar-refractivity contribution in [1.29, 1.82) is 0 Å². The van der Waals surface area contributed by atoms with E-state index in [4.69, 9.17) is 20.7 Å². The first-order valence-electron chi connectivity index (χ1n) is 3.95. The van der Waals surface area contributed by atoms with E-state index in [0.717, 1.165) is 12.8 Å². The van der Waals surface area contributed by atoms with Crippen LogP contribution in [0.25, 0.3) is 0 Å². The standard InChI is InChI=1S/C6H14N2O.CH2O3/c1-2-3-4-5-8-6(7)9;2-1(3)4/h2-5H2,1H3,(H3,7,8,9);(H2,2,3,4). The fourth-order valence-electron chi connectivity index (χ4n) is 0.587. The van der Waals surface area contributed by atoms with E-state index in [-0.39, 0.29) is 0 Å². The number of urea groups is 1. The van der Waals surface area contributed by atoms with Crippen LogP contribution in [0.5, 0.6) is 0 Å². The molecule has 0 spiro atoms. The Balaban J connectivity index is 0. The van der Waals surface area contributed by atoms with E-state index in [9.17, 15) is 4.79 Å². The van der Waals surface area contributed by atoms with Crippen molar-refractivity contribution in [1.82, 2.24) is 5.32 Å². The number of hydrogen-bond acceptors (Lipinski definition) is 2. The maximum Gasteiger partial charge on any atom is 0.503 e. The van der Waals surface area contributed by atoms with Crippen molar-refractivity contribution in [3.05, 3.63) is 0 Å². The molecule has 0 atom stereocenters. The van der Waals surface area contributed by atoms with Crippen molar-refractivity contribution < 1.29 is 19.8 Å². The average Bonchev–Trinajstić information content (AvgIpc) is 1.97. The molecular weight excluding hydrogens is 176 g/mol. The molecule has 0 aliphatic heterocycles. The highest BCUT2D eigenvalue weighted by Gasteiger charge is 1.88. The van der Waals surface area contributed by atoms with Gasteiger partial charge in [-0.2, -0.15) is 0 Å². The molecule has 0 saturated heterocycles. The van der Waals surface area contributed by atoms with Gasteiger partial charge in [0.05, 0.1) is 0 Å². The van der Waals surface area contributed by atoms with E-state index in [1.54, 1.807) is 0 Å². The molecule has 0 heterocycles. The Bertz CT molecular complexity index is 145. The smallest absolute Gasteiger partial charge is 0.450 e. The summed E-state index contributed by atoms with van der Waals surface area (Å²) < 4.78 is 0. The van der Waals surface area contributed by atoms with Crippen LogP contribution in [0.15, 0.2) is 0 Å². The number of primary amides is 1. The quantitative estimate of drug-likeness (QED) is 0.499. The normalized spacial score (nSPS) is 8.08. The fourth-order valence-corrected chi connectivity index (χ4v) is 0.587. The van der Waals surface area contributed by atoms with Gasteiger partial charge in [-0.25, -0.2) is 9.59 Å². The van der Waals surface area contributed by atoms with Crippen molar-refractivity contribution in [3.8, 4) is 0 Å². The van der Waals surface area contributed by atoms with Crippen LogP contribution >= 0.6 is 0 Å². The van der Waals surface area contributed by atoms with Crippen molar-refractivity contribution in [2.45, 2.75) is 26.2 Å². The van der Waals surface area contributed by atoms with Gasteiger partial charge in [0.1, 0.15) is 0 Å². The maximum absolute atomic E-state index is 10.1. The zero-order valence-electron chi connectivity index (χ0n) is 7.62. The SMILES string of the molecule is CCCCCNC(N)=O.O=C(O)O. The third-order valence-electron chi connectivity index (χ3n) is 1.08. The van der Waals surface area contributed by atoms with Crippen LogP contribution in [-0.4, -0.2) is 28.9 Å². The second kappa shape index (κ2) is 10.5. The molecule has 0 rings (SSSR count). The minimum atomic E-state index is -1.83. The molecule has 78 valence electrons. The highest BCUT2D eigenvalue weighted by molar-refractivity contribution is 5.71. The van der Waals surface area contributed by atoms with Crippen LogP contribution < -0.4 is 11.1 Å². The van der Waals surface area contributed by atoms with Gasteiger partial charge >= 0.3 is 12.2 Å². The van der Waals surface area contributed by atoms with E-state index in [0.29, 0.717) is 6.54 Å². The first-order chi connectivity index (χ1) is 6.00. The van der Waals surface area contributed by atoms with Gasteiger partial charge < -0.3 is 21.3 Å². The molecule has 0 unspecified atom stereocenters. The topological polar surface area (TPSA) is 113 Å². The number of amides is 2. The summed E-state index contributed by atoms with van der Waals surface area (Å²) in [6.45, 7) is 2.83. The molecule has 5 N–H and O–H groups in total. The summed E-state index contributed by atoms with van der Waals surface area (Å²) in [6, 6.07) is -0.425. The molecule has 6 nitrogen and oxygen atoms in total. The largest absolute Gasteiger partial charge is 0.503 e. The third-order valence-corrected chi connectivity index (χ3v) is 1.08. The first kappa shape index (κ1) is 14.1. The van der Waals surface area contributed by atoms with Crippen LogP contribution in [0.3, 0.4) is 0 Å². The van der Waals surface area contributed by atoms with Crippen LogP contribution in [0, 0.1) is 0 Å². The molecule has 0 fully saturated rings. The molecule has 13 heavy (non-hydrogen) atoms. The Morgan fingerprint density at radius 1 is 1.31 bits per heavy atom. The monoisotopic (exact) mass is 192 g/mol. The van der Waals surface area contributed by atoms with Crippen LogP contribution in [0.2, 0.25) is 0 Å². The van der Waals surface area contributed by atoms with Crippen molar-refractivity contribution in [2.75, 3.05) is 6.54 Å². The fraction of sp³-hybridized carbons (Fsp3) is 0.714. The van der Waals surface area contributed by atoms with Gasteiger partial charge in [-0.05, 0) is 6.42 Å². The minimum Gasteiger partial charge on any atom is -0.450 e. The molecule has 6 heteroatoms. The molecular formula is C7H16N2O4. The number of nitrogens with one attached hydrogen (secondary N) is 1. The highest BCUT2D eigenvalue weighted by Crippen LogP contribution is 1.90. The highest BCUT2D eigenvalue weighted by atomic mass is 16.6. The predicted molar refractivity (Wildman–Crippen MR) is 47.8 cm³/mol. The summed E-state index contributed by atoms with van der Waals surface area (Å²) in [7, 11) is 0. The zero-order valence-corrected chi connectivity index (χ0v) is 7.62. The molecule has 2 amide bonds. The summed E-state index contributed by atoms with van der Waals surface area (Å²) in [6.07, 6.45) is 1.51. The second-order valence-electron chi connectivity index (χ2n) is 2.28.